The molecule has 0 aliphatic carbocycles. The van der Waals surface area contributed by atoms with E-state index in [9.17, 15) is 14.4 Å². The Morgan fingerprint density at radius 1 is 0.328 bits per heavy atom. The maximum atomic E-state index is 12.8. The maximum absolute atomic E-state index is 12.8. The number of carbonyl (C=O) groups excluding carboxylic acids is 3. The van der Waals surface area contributed by atoms with Gasteiger partial charge in [0.15, 0.2) is 6.10 Å². The van der Waals surface area contributed by atoms with E-state index in [1.54, 1.807) is 0 Å². The average Bonchev–Trinajstić information content (AvgIpc) is 3.22. The van der Waals surface area contributed by atoms with Gasteiger partial charge in [-0.3, -0.25) is 14.4 Å². The van der Waals surface area contributed by atoms with Gasteiger partial charge in [0, 0.05) is 19.3 Å². The molecule has 0 aromatic carbocycles. The van der Waals surface area contributed by atoms with Crippen molar-refractivity contribution in [1.82, 2.24) is 0 Å². The van der Waals surface area contributed by atoms with Crippen LogP contribution in [0.2, 0.25) is 0 Å². The lowest BCUT2D eigenvalue weighted by Gasteiger charge is -2.18. The second-order valence-corrected chi connectivity index (χ2v) is 17.4. The fourth-order valence-corrected chi connectivity index (χ4v) is 7.61. The van der Waals surface area contributed by atoms with Crippen molar-refractivity contribution in [2.24, 2.45) is 0 Å². The number of rotatable bonds is 47. The summed E-state index contributed by atoms with van der Waals surface area (Å²) in [6, 6.07) is 0. The van der Waals surface area contributed by atoms with Gasteiger partial charge in [-0.25, -0.2) is 0 Å². The van der Waals surface area contributed by atoms with Gasteiger partial charge in [0.1, 0.15) is 13.2 Å². The van der Waals surface area contributed by atoms with Crippen LogP contribution in [0.3, 0.4) is 0 Å². The third kappa shape index (κ3) is 45.2. The van der Waals surface area contributed by atoms with Crippen molar-refractivity contribution in [1.29, 1.82) is 0 Å². The molecule has 1 atom stereocenters. The molecule has 58 heavy (non-hydrogen) atoms. The number of allylic oxidation sites excluding steroid dienone is 2. The molecule has 6 heteroatoms. The highest BCUT2D eigenvalue weighted by molar-refractivity contribution is 5.71. The molecule has 0 aromatic rings. The molecule has 6 nitrogen and oxygen atoms in total. The van der Waals surface area contributed by atoms with Gasteiger partial charge in [-0.2, -0.15) is 0 Å². The average molecular weight is 819 g/mol. The van der Waals surface area contributed by atoms with Crippen LogP contribution in [0.4, 0.5) is 0 Å². The van der Waals surface area contributed by atoms with E-state index in [0.29, 0.717) is 19.3 Å². The molecular weight excluding hydrogens is 721 g/mol. The molecule has 0 aliphatic rings. The lowest BCUT2D eigenvalue weighted by molar-refractivity contribution is -0.167. The Kier molecular flexibility index (Phi) is 46.3. The van der Waals surface area contributed by atoms with Crippen LogP contribution >= 0.6 is 0 Å². The van der Waals surface area contributed by atoms with Crippen molar-refractivity contribution in [3.8, 4) is 0 Å². The Bertz CT molecular complexity index is 900. The molecule has 0 spiro atoms. The second kappa shape index (κ2) is 47.8. The molecule has 0 radical (unpaired) electrons. The number of hydrogen-bond donors (Lipinski definition) is 0. The predicted molar refractivity (Wildman–Crippen MR) is 247 cm³/mol. The van der Waals surface area contributed by atoms with Gasteiger partial charge in [0.25, 0.3) is 0 Å². The smallest absolute Gasteiger partial charge is 0.306 e. The quantitative estimate of drug-likeness (QED) is 0.0263. The first kappa shape index (κ1) is 56.1. The van der Waals surface area contributed by atoms with E-state index in [0.717, 1.165) is 64.2 Å². The highest BCUT2D eigenvalue weighted by atomic mass is 16.6. The first-order chi connectivity index (χ1) is 28.5. The summed E-state index contributed by atoms with van der Waals surface area (Å²) in [6.07, 6.45) is 51.9. The number of esters is 3. The Morgan fingerprint density at radius 3 is 0.879 bits per heavy atom. The SMILES string of the molecule is CCCCCC/C=C\CCCCCCCC(=O)OC(COC(=O)CCCCCCCCCCCCCCC)COC(=O)CCCCCCCCCCCCCCCC. The van der Waals surface area contributed by atoms with Crippen LogP contribution in [0.25, 0.3) is 0 Å². The molecule has 1 unspecified atom stereocenters. The van der Waals surface area contributed by atoms with Crippen LogP contribution in [0.1, 0.15) is 284 Å². The van der Waals surface area contributed by atoms with E-state index in [-0.39, 0.29) is 31.1 Å². The zero-order valence-electron chi connectivity index (χ0n) is 39.1. The summed E-state index contributed by atoms with van der Waals surface area (Å²) in [5, 5.41) is 0. The summed E-state index contributed by atoms with van der Waals surface area (Å²) in [5.41, 5.74) is 0. The van der Waals surface area contributed by atoms with E-state index in [2.05, 4.69) is 32.9 Å². The summed E-state index contributed by atoms with van der Waals surface area (Å²) in [6.45, 7) is 6.65. The Hall–Kier alpha value is -1.85. The predicted octanol–water partition coefficient (Wildman–Crippen LogP) is 16.6. The Labute approximate surface area is 360 Å². The van der Waals surface area contributed by atoms with Crippen LogP contribution in [-0.4, -0.2) is 37.2 Å². The topological polar surface area (TPSA) is 78.9 Å². The van der Waals surface area contributed by atoms with Crippen molar-refractivity contribution in [2.45, 2.75) is 290 Å². The second-order valence-electron chi connectivity index (χ2n) is 17.4. The summed E-state index contributed by atoms with van der Waals surface area (Å²) in [5.74, 6) is -0.861. The van der Waals surface area contributed by atoms with E-state index in [1.165, 1.54) is 180 Å². The van der Waals surface area contributed by atoms with Gasteiger partial charge in [-0.15, -0.1) is 0 Å². The third-order valence-electron chi connectivity index (χ3n) is 11.5. The van der Waals surface area contributed by atoms with Gasteiger partial charge in [-0.05, 0) is 44.9 Å². The highest BCUT2D eigenvalue weighted by Crippen LogP contribution is 2.16. The Balaban J connectivity index is 4.33. The molecule has 0 bridgehead atoms. The van der Waals surface area contributed by atoms with Crippen molar-refractivity contribution >= 4 is 17.9 Å². The molecule has 0 aromatic heterocycles. The summed E-state index contributed by atoms with van der Waals surface area (Å²) >= 11 is 0. The van der Waals surface area contributed by atoms with Crippen LogP contribution in [0.15, 0.2) is 12.2 Å². The number of ether oxygens (including phenoxy) is 3. The van der Waals surface area contributed by atoms with Gasteiger partial charge in [-0.1, -0.05) is 232 Å². The minimum atomic E-state index is -0.767. The fraction of sp³-hybridized carbons (Fsp3) is 0.904. The van der Waals surface area contributed by atoms with E-state index in [4.69, 9.17) is 14.2 Å². The van der Waals surface area contributed by atoms with Crippen molar-refractivity contribution < 1.29 is 28.6 Å². The number of carbonyl (C=O) groups is 3. The molecule has 0 fully saturated rings. The molecule has 342 valence electrons. The lowest BCUT2D eigenvalue weighted by atomic mass is 10.0. The molecule has 0 amide bonds. The third-order valence-corrected chi connectivity index (χ3v) is 11.5. The monoisotopic (exact) mass is 819 g/mol. The standard InChI is InChI=1S/C52H98O6/c1-4-7-10-13-16-19-22-25-28-30-33-36-39-42-45-51(54)57-48-49(58-52(55)46-43-40-37-34-31-27-24-21-18-15-12-9-6-3)47-56-50(53)44-41-38-35-32-29-26-23-20-17-14-11-8-5-2/h21,24,49H,4-20,22-23,25-48H2,1-3H3/b24-21-. The minimum absolute atomic E-state index is 0.0681. The lowest BCUT2D eigenvalue weighted by Crippen LogP contribution is -2.30. The van der Waals surface area contributed by atoms with Gasteiger partial charge < -0.3 is 14.2 Å². The zero-order chi connectivity index (χ0) is 42.3. The van der Waals surface area contributed by atoms with E-state index in [1.807, 2.05) is 0 Å². The molecule has 0 aliphatic heterocycles. The molecule has 0 N–H and O–H groups in total. The Morgan fingerprint density at radius 2 is 0.569 bits per heavy atom. The molecule has 0 heterocycles. The van der Waals surface area contributed by atoms with Gasteiger partial charge in [0.2, 0.25) is 0 Å². The first-order valence-electron chi connectivity index (χ1n) is 25.7. The molecule has 0 rings (SSSR count). The van der Waals surface area contributed by atoms with Crippen LogP contribution in [0.5, 0.6) is 0 Å². The van der Waals surface area contributed by atoms with Gasteiger partial charge >= 0.3 is 17.9 Å². The van der Waals surface area contributed by atoms with Crippen LogP contribution < -0.4 is 0 Å². The largest absolute Gasteiger partial charge is 0.462 e. The van der Waals surface area contributed by atoms with Crippen molar-refractivity contribution in [3.05, 3.63) is 12.2 Å². The molecule has 0 saturated heterocycles. The number of hydrogen-bond acceptors (Lipinski definition) is 6. The molecular formula is C52H98O6. The first-order valence-corrected chi connectivity index (χ1v) is 25.7. The fourth-order valence-electron chi connectivity index (χ4n) is 7.61. The van der Waals surface area contributed by atoms with E-state index < -0.39 is 6.10 Å². The van der Waals surface area contributed by atoms with Crippen molar-refractivity contribution in [2.75, 3.05) is 13.2 Å². The maximum Gasteiger partial charge on any atom is 0.306 e. The zero-order valence-corrected chi connectivity index (χ0v) is 39.1. The summed E-state index contributed by atoms with van der Waals surface area (Å²) < 4.78 is 16.8. The van der Waals surface area contributed by atoms with Crippen LogP contribution in [0, 0.1) is 0 Å². The molecule has 0 saturated carbocycles. The normalized spacial score (nSPS) is 12.0. The number of unbranched alkanes of at least 4 members (excludes halogenated alkanes) is 34. The highest BCUT2D eigenvalue weighted by Gasteiger charge is 2.19. The van der Waals surface area contributed by atoms with E-state index >= 15 is 0 Å². The van der Waals surface area contributed by atoms with Gasteiger partial charge in [0.05, 0.1) is 0 Å². The summed E-state index contributed by atoms with van der Waals surface area (Å²) in [7, 11) is 0. The van der Waals surface area contributed by atoms with Crippen LogP contribution in [-0.2, 0) is 28.6 Å². The summed E-state index contributed by atoms with van der Waals surface area (Å²) in [4.78, 5) is 37.9. The minimum Gasteiger partial charge on any atom is -0.462 e. The van der Waals surface area contributed by atoms with Crippen molar-refractivity contribution in [3.63, 3.8) is 0 Å².